The van der Waals surface area contributed by atoms with Gasteiger partial charge in [-0.1, -0.05) is 6.07 Å². The van der Waals surface area contributed by atoms with Crippen LogP contribution in [0.15, 0.2) is 24.4 Å². The van der Waals surface area contributed by atoms with Crippen molar-refractivity contribution in [2.24, 2.45) is 0 Å². The van der Waals surface area contributed by atoms with Crippen molar-refractivity contribution >= 4 is 17.4 Å². The number of likely N-dealkylation sites (N-methyl/N-ethyl adjacent to an activating group) is 2. The number of carbonyl (C=O) groups is 1. The molecular formula is C13H18N4O2. The molecule has 0 saturated heterocycles. The number of carbonyl (C=O) groups excluding carboxylic acids is 1. The number of hydrogen-bond acceptors (Lipinski definition) is 4. The van der Waals surface area contributed by atoms with Crippen LogP contribution in [0.2, 0.25) is 0 Å². The van der Waals surface area contributed by atoms with E-state index in [1.165, 1.54) is 0 Å². The molecule has 0 atom stereocenters. The maximum Gasteiger partial charge on any atom is 0.239 e. The Morgan fingerprint density at radius 3 is 2.95 bits per heavy atom. The summed E-state index contributed by atoms with van der Waals surface area (Å²) in [5.41, 5.74) is 1.46. The molecule has 0 fully saturated rings. The van der Waals surface area contributed by atoms with Crippen LogP contribution in [0.3, 0.4) is 0 Å². The van der Waals surface area contributed by atoms with Gasteiger partial charge in [-0.15, -0.1) is 0 Å². The average molecular weight is 262 g/mol. The molecule has 0 aliphatic carbocycles. The van der Waals surface area contributed by atoms with Crippen LogP contribution < -0.4 is 10.2 Å². The first kappa shape index (κ1) is 13.4. The number of aromatic nitrogens is 2. The molecule has 2 N–H and O–H groups in total. The van der Waals surface area contributed by atoms with E-state index in [9.17, 15) is 9.90 Å². The first-order valence-corrected chi connectivity index (χ1v) is 6.23. The third kappa shape index (κ3) is 2.53. The summed E-state index contributed by atoms with van der Waals surface area (Å²) in [7, 11) is 1.60. The molecule has 0 aliphatic heterocycles. The second-order valence-electron chi connectivity index (χ2n) is 4.16. The van der Waals surface area contributed by atoms with Crippen molar-refractivity contribution in [3.63, 3.8) is 0 Å². The molecule has 0 unspecified atom stereocenters. The number of rotatable bonds is 5. The lowest BCUT2D eigenvalue weighted by molar-refractivity contribution is -0.119. The van der Waals surface area contributed by atoms with Gasteiger partial charge in [0.1, 0.15) is 5.65 Å². The number of nitrogens with zero attached hydrogens (tertiary/aromatic N) is 3. The SMILES string of the molecule is CCN(CC(=O)NC)c1nc2ccccn2c1CO. The first-order chi connectivity index (χ1) is 9.21. The molecule has 6 heteroatoms. The number of imidazole rings is 1. The number of fused-ring (bicyclic) bond motifs is 1. The maximum atomic E-state index is 11.5. The second-order valence-corrected chi connectivity index (χ2v) is 4.16. The Bertz CT molecular complexity index is 579. The van der Waals surface area contributed by atoms with E-state index in [4.69, 9.17) is 0 Å². The van der Waals surface area contributed by atoms with Gasteiger partial charge in [0.15, 0.2) is 5.82 Å². The summed E-state index contributed by atoms with van der Waals surface area (Å²) < 4.78 is 1.84. The molecule has 2 aromatic heterocycles. The minimum absolute atomic E-state index is 0.0807. The van der Waals surface area contributed by atoms with E-state index in [2.05, 4.69) is 10.3 Å². The van der Waals surface area contributed by atoms with Crippen LogP contribution in [0.1, 0.15) is 12.6 Å². The molecule has 19 heavy (non-hydrogen) atoms. The van der Waals surface area contributed by atoms with E-state index >= 15 is 0 Å². The van der Waals surface area contributed by atoms with Crippen molar-refractivity contribution in [2.45, 2.75) is 13.5 Å². The molecule has 2 heterocycles. The average Bonchev–Trinajstić information content (AvgIpc) is 2.82. The number of aliphatic hydroxyl groups excluding tert-OH is 1. The monoisotopic (exact) mass is 262 g/mol. The van der Waals surface area contributed by atoms with E-state index < -0.39 is 0 Å². The largest absolute Gasteiger partial charge is 0.390 e. The fraction of sp³-hybridized carbons (Fsp3) is 0.385. The smallest absolute Gasteiger partial charge is 0.239 e. The van der Waals surface area contributed by atoms with Crippen LogP contribution in [0.25, 0.3) is 5.65 Å². The Morgan fingerprint density at radius 2 is 2.32 bits per heavy atom. The molecule has 6 nitrogen and oxygen atoms in total. The normalized spacial score (nSPS) is 10.7. The minimum Gasteiger partial charge on any atom is -0.390 e. The standard InChI is InChI=1S/C13H18N4O2/c1-3-16(8-12(19)14-2)13-10(9-18)17-7-5-4-6-11(17)15-13/h4-7,18H,3,8-9H2,1-2H3,(H,14,19). The van der Waals surface area contributed by atoms with E-state index in [0.29, 0.717) is 18.1 Å². The molecule has 102 valence electrons. The van der Waals surface area contributed by atoms with Crippen LogP contribution in [0, 0.1) is 0 Å². The molecular weight excluding hydrogens is 244 g/mol. The lowest BCUT2D eigenvalue weighted by Crippen LogP contribution is -2.36. The minimum atomic E-state index is -0.120. The van der Waals surface area contributed by atoms with Crippen LogP contribution >= 0.6 is 0 Å². The van der Waals surface area contributed by atoms with Crippen molar-refractivity contribution in [1.82, 2.24) is 14.7 Å². The Hall–Kier alpha value is -2.08. The van der Waals surface area contributed by atoms with E-state index in [0.717, 1.165) is 5.65 Å². The van der Waals surface area contributed by atoms with Crippen molar-refractivity contribution in [2.75, 3.05) is 25.0 Å². The Balaban J connectivity index is 2.44. The zero-order valence-electron chi connectivity index (χ0n) is 11.1. The second kappa shape index (κ2) is 5.71. The van der Waals surface area contributed by atoms with Gasteiger partial charge in [-0.05, 0) is 19.1 Å². The lowest BCUT2D eigenvalue weighted by atomic mass is 10.3. The summed E-state index contributed by atoms with van der Waals surface area (Å²) in [4.78, 5) is 17.9. The third-order valence-electron chi connectivity index (χ3n) is 3.05. The zero-order chi connectivity index (χ0) is 13.8. The van der Waals surface area contributed by atoms with Gasteiger partial charge < -0.3 is 15.3 Å². The van der Waals surface area contributed by atoms with E-state index in [-0.39, 0.29) is 19.1 Å². The molecule has 0 spiro atoms. The van der Waals surface area contributed by atoms with Gasteiger partial charge >= 0.3 is 0 Å². The van der Waals surface area contributed by atoms with Crippen molar-refractivity contribution in [1.29, 1.82) is 0 Å². The molecule has 0 saturated carbocycles. The fourth-order valence-corrected chi connectivity index (χ4v) is 2.02. The molecule has 1 amide bonds. The van der Waals surface area contributed by atoms with Gasteiger partial charge in [0.25, 0.3) is 0 Å². The van der Waals surface area contributed by atoms with Crippen LogP contribution in [-0.2, 0) is 11.4 Å². The lowest BCUT2D eigenvalue weighted by Gasteiger charge is -2.20. The predicted octanol–water partition coefficient (Wildman–Crippen LogP) is 0.399. The summed E-state index contributed by atoms with van der Waals surface area (Å²) in [5.74, 6) is 0.572. The summed E-state index contributed by atoms with van der Waals surface area (Å²) in [6.07, 6.45) is 1.85. The molecule has 0 aromatic carbocycles. The number of pyridine rings is 1. The van der Waals surface area contributed by atoms with Gasteiger partial charge in [-0.2, -0.15) is 0 Å². The maximum absolute atomic E-state index is 11.5. The molecule has 0 bridgehead atoms. The molecule has 2 aromatic rings. The molecule has 0 radical (unpaired) electrons. The summed E-state index contributed by atoms with van der Waals surface area (Å²) in [6.45, 7) is 2.70. The van der Waals surface area contributed by atoms with Crippen molar-refractivity contribution in [3.05, 3.63) is 30.1 Å². The highest BCUT2D eigenvalue weighted by Crippen LogP contribution is 2.21. The Labute approximate surface area is 111 Å². The molecule has 0 aliphatic rings. The molecule has 2 rings (SSSR count). The Morgan fingerprint density at radius 1 is 1.53 bits per heavy atom. The van der Waals surface area contributed by atoms with Crippen LogP contribution in [0.5, 0.6) is 0 Å². The zero-order valence-corrected chi connectivity index (χ0v) is 11.1. The van der Waals surface area contributed by atoms with Crippen LogP contribution in [-0.4, -0.2) is 40.5 Å². The number of nitrogens with one attached hydrogen (secondary N) is 1. The Kier molecular flexibility index (Phi) is 4.01. The van der Waals surface area contributed by atoms with Gasteiger partial charge in [-0.3, -0.25) is 9.20 Å². The highest BCUT2D eigenvalue weighted by Gasteiger charge is 2.18. The van der Waals surface area contributed by atoms with Crippen LogP contribution in [0.4, 0.5) is 5.82 Å². The van der Waals surface area contributed by atoms with Gasteiger partial charge in [0, 0.05) is 19.8 Å². The number of anilines is 1. The topological polar surface area (TPSA) is 69.9 Å². The highest BCUT2D eigenvalue weighted by molar-refractivity contribution is 5.81. The predicted molar refractivity (Wildman–Crippen MR) is 73.1 cm³/mol. The van der Waals surface area contributed by atoms with E-state index in [1.54, 1.807) is 7.05 Å². The first-order valence-electron chi connectivity index (χ1n) is 6.23. The summed E-state index contributed by atoms with van der Waals surface area (Å²) in [5, 5.41) is 12.1. The van der Waals surface area contributed by atoms with Gasteiger partial charge in [0.2, 0.25) is 5.91 Å². The fourth-order valence-electron chi connectivity index (χ4n) is 2.02. The van der Waals surface area contributed by atoms with E-state index in [1.807, 2.05) is 40.6 Å². The third-order valence-corrected chi connectivity index (χ3v) is 3.05. The summed E-state index contributed by atoms with van der Waals surface area (Å²) >= 11 is 0. The number of aliphatic hydroxyl groups is 1. The summed E-state index contributed by atoms with van der Waals surface area (Å²) in [6, 6.07) is 5.64. The van der Waals surface area contributed by atoms with Gasteiger partial charge in [0.05, 0.1) is 18.8 Å². The van der Waals surface area contributed by atoms with Crippen molar-refractivity contribution in [3.8, 4) is 0 Å². The highest BCUT2D eigenvalue weighted by atomic mass is 16.3. The number of amides is 1. The van der Waals surface area contributed by atoms with Crippen molar-refractivity contribution < 1.29 is 9.90 Å². The quantitative estimate of drug-likeness (QED) is 0.818. The number of hydrogen-bond donors (Lipinski definition) is 2. The van der Waals surface area contributed by atoms with Gasteiger partial charge in [-0.25, -0.2) is 4.98 Å².